The molecule has 2 aromatic carbocycles. The van der Waals surface area contributed by atoms with Gasteiger partial charge in [0.25, 0.3) is 0 Å². The van der Waals surface area contributed by atoms with Crippen LogP contribution < -0.4 is 5.32 Å². The number of hydrogen-bond donors (Lipinski definition) is 1. The Hall–Kier alpha value is -3.94. The fourth-order valence-corrected chi connectivity index (χ4v) is 4.15. The summed E-state index contributed by atoms with van der Waals surface area (Å²) in [6, 6.07) is 18.5. The minimum Gasteiger partial charge on any atom is -0.352 e. The number of carbonyl (C=O) groups excluding carboxylic acids is 2. The quantitative estimate of drug-likeness (QED) is 0.385. The Morgan fingerprint density at radius 2 is 1.78 bits per heavy atom. The van der Waals surface area contributed by atoms with Crippen molar-refractivity contribution >= 4 is 22.8 Å². The van der Waals surface area contributed by atoms with E-state index in [9.17, 15) is 9.59 Å². The molecule has 0 unspecified atom stereocenters. The third kappa shape index (κ3) is 5.48. The summed E-state index contributed by atoms with van der Waals surface area (Å²) < 4.78 is 3.49. The van der Waals surface area contributed by atoms with Crippen LogP contribution >= 0.6 is 0 Å². The van der Waals surface area contributed by atoms with Crippen molar-refractivity contribution in [2.45, 2.75) is 58.8 Å². The molecule has 2 amide bonds. The number of nitrogens with zero attached hydrogens (tertiary/aromatic N) is 5. The largest absolute Gasteiger partial charge is 0.352 e. The lowest BCUT2D eigenvalue weighted by molar-refractivity contribution is -0.143. The molecule has 0 spiro atoms. The van der Waals surface area contributed by atoms with Gasteiger partial charge in [0.2, 0.25) is 11.8 Å². The number of nitrogens with one attached hydrogen (secondary N) is 1. The van der Waals surface area contributed by atoms with E-state index in [1.165, 1.54) is 0 Å². The average molecular weight is 487 g/mol. The lowest BCUT2D eigenvalue weighted by Crippen LogP contribution is -2.51. The second-order valence-electron chi connectivity index (χ2n) is 9.92. The number of fused-ring (bicyclic) bond motifs is 1. The molecule has 8 nitrogen and oxygen atoms in total. The maximum atomic E-state index is 14.0. The van der Waals surface area contributed by atoms with Gasteiger partial charge in [-0.25, -0.2) is 4.68 Å². The van der Waals surface area contributed by atoms with E-state index in [2.05, 4.69) is 15.6 Å². The van der Waals surface area contributed by atoms with Crippen LogP contribution in [0.2, 0.25) is 0 Å². The molecule has 0 aliphatic carbocycles. The lowest BCUT2D eigenvalue weighted by Gasteiger charge is -2.34. The first-order valence-electron chi connectivity index (χ1n) is 12.2. The van der Waals surface area contributed by atoms with Gasteiger partial charge in [-0.05, 0) is 57.0 Å². The molecular weight excluding hydrogens is 452 g/mol. The topological polar surface area (TPSA) is 85.0 Å². The van der Waals surface area contributed by atoms with Crippen LogP contribution in [0.25, 0.3) is 11.0 Å². The highest BCUT2D eigenvalue weighted by Crippen LogP contribution is 2.26. The Kier molecular flexibility index (Phi) is 7.24. The number of aryl methyl sites for hydroxylation is 2. The molecule has 0 saturated heterocycles. The van der Waals surface area contributed by atoms with Gasteiger partial charge >= 0.3 is 0 Å². The van der Waals surface area contributed by atoms with Crippen LogP contribution in [0.4, 0.5) is 0 Å². The minimum absolute atomic E-state index is 0.0300. The van der Waals surface area contributed by atoms with Crippen molar-refractivity contribution in [3.8, 4) is 0 Å². The maximum absolute atomic E-state index is 14.0. The van der Waals surface area contributed by atoms with Crippen LogP contribution in [-0.4, -0.2) is 41.8 Å². The Labute approximate surface area is 211 Å². The molecule has 4 aromatic rings. The average Bonchev–Trinajstić information content (AvgIpc) is 3.46. The van der Waals surface area contributed by atoms with Crippen LogP contribution in [-0.2, 0) is 29.7 Å². The Bertz CT molecular complexity index is 1350. The van der Waals surface area contributed by atoms with Crippen LogP contribution in [0.1, 0.15) is 50.1 Å². The van der Waals surface area contributed by atoms with Crippen LogP contribution in [0.15, 0.2) is 66.9 Å². The van der Waals surface area contributed by atoms with Crippen molar-refractivity contribution in [1.82, 2.24) is 29.8 Å². The number of carbonyl (C=O) groups is 2. The number of amides is 2. The number of benzene rings is 2. The predicted molar refractivity (Wildman–Crippen MR) is 140 cm³/mol. The molecule has 0 saturated carbocycles. The molecule has 2 heterocycles. The monoisotopic (exact) mass is 486 g/mol. The van der Waals surface area contributed by atoms with Gasteiger partial charge in [-0.1, -0.05) is 54.1 Å². The van der Waals surface area contributed by atoms with Crippen LogP contribution in [0.5, 0.6) is 0 Å². The SMILES string of the molecule is CCC(C)(C)NC(=O)[C@H](c1cccn1C)N(Cc1ccc(C)cc1)C(=O)Cn1nnc2ccccc21. The first kappa shape index (κ1) is 25.2. The van der Waals surface area contributed by atoms with Crippen molar-refractivity contribution in [2.75, 3.05) is 0 Å². The zero-order valence-electron chi connectivity index (χ0n) is 21.6. The standard InChI is InChI=1S/C28H34N6O2/c1-6-28(3,4)29-27(36)26(24-12-9-17-32(24)5)33(18-21-15-13-20(2)14-16-21)25(35)19-34-23-11-8-7-10-22(23)30-31-34/h7-17,26H,6,18-19H2,1-5H3,(H,29,36)/t26-/m0/s1. The van der Waals surface area contributed by atoms with E-state index in [4.69, 9.17) is 0 Å². The molecule has 4 rings (SSSR count). The molecule has 188 valence electrons. The smallest absolute Gasteiger partial charge is 0.249 e. The summed E-state index contributed by atoms with van der Waals surface area (Å²) in [6.07, 6.45) is 2.65. The van der Waals surface area contributed by atoms with Gasteiger partial charge in [0, 0.05) is 31.0 Å². The van der Waals surface area contributed by atoms with E-state index >= 15 is 0 Å². The van der Waals surface area contributed by atoms with E-state index in [0.29, 0.717) is 0 Å². The molecule has 0 fully saturated rings. The summed E-state index contributed by atoms with van der Waals surface area (Å²) in [5.74, 6) is -0.436. The zero-order valence-corrected chi connectivity index (χ0v) is 21.6. The van der Waals surface area contributed by atoms with Crippen LogP contribution in [0, 0.1) is 6.92 Å². The Balaban J connectivity index is 1.75. The summed E-state index contributed by atoms with van der Waals surface area (Å²) in [7, 11) is 1.89. The second-order valence-corrected chi connectivity index (χ2v) is 9.92. The van der Waals surface area contributed by atoms with Crippen molar-refractivity contribution in [1.29, 1.82) is 0 Å². The van der Waals surface area contributed by atoms with Gasteiger partial charge in [0.15, 0.2) is 6.04 Å². The zero-order chi connectivity index (χ0) is 25.9. The molecule has 0 bridgehead atoms. The van der Waals surface area contributed by atoms with Crippen molar-refractivity contribution < 1.29 is 9.59 Å². The lowest BCUT2D eigenvalue weighted by atomic mass is 10.00. The molecule has 0 aliphatic rings. The molecule has 36 heavy (non-hydrogen) atoms. The summed E-state index contributed by atoms with van der Waals surface area (Å²) in [4.78, 5) is 29.4. The summed E-state index contributed by atoms with van der Waals surface area (Å²) in [6.45, 7) is 8.28. The predicted octanol–water partition coefficient (Wildman–Crippen LogP) is 4.15. The van der Waals surface area contributed by atoms with E-state index < -0.39 is 11.6 Å². The Morgan fingerprint density at radius 1 is 1.06 bits per heavy atom. The highest BCUT2D eigenvalue weighted by molar-refractivity contribution is 5.89. The third-order valence-corrected chi connectivity index (χ3v) is 6.67. The van der Waals surface area contributed by atoms with E-state index in [1.807, 2.05) is 106 Å². The number of para-hydroxylation sites is 1. The van der Waals surface area contributed by atoms with Gasteiger partial charge in [-0.2, -0.15) is 0 Å². The fourth-order valence-electron chi connectivity index (χ4n) is 4.15. The molecule has 0 aliphatic heterocycles. The second kappa shape index (κ2) is 10.4. The third-order valence-electron chi connectivity index (χ3n) is 6.67. The van der Waals surface area contributed by atoms with Gasteiger partial charge in [-0.15, -0.1) is 5.10 Å². The fraction of sp³-hybridized carbons (Fsp3) is 0.357. The summed E-state index contributed by atoms with van der Waals surface area (Å²) >= 11 is 0. The molecule has 0 radical (unpaired) electrons. The minimum atomic E-state index is -0.820. The van der Waals surface area contributed by atoms with Crippen molar-refractivity contribution in [3.05, 3.63) is 83.7 Å². The first-order chi connectivity index (χ1) is 17.2. The van der Waals surface area contributed by atoms with Crippen LogP contribution in [0.3, 0.4) is 0 Å². The van der Waals surface area contributed by atoms with Crippen molar-refractivity contribution in [3.63, 3.8) is 0 Å². The Morgan fingerprint density at radius 3 is 2.44 bits per heavy atom. The number of hydrogen-bond acceptors (Lipinski definition) is 4. The first-order valence-corrected chi connectivity index (χ1v) is 12.2. The maximum Gasteiger partial charge on any atom is 0.249 e. The van der Waals surface area contributed by atoms with E-state index in [-0.39, 0.29) is 24.9 Å². The number of aromatic nitrogens is 4. The van der Waals surface area contributed by atoms with Gasteiger partial charge < -0.3 is 14.8 Å². The van der Waals surface area contributed by atoms with Gasteiger partial charge in [0.05, 0.1) is 5.52 Å². The highest BCUT2D eigenvalue weighted by atomic mass is 16.2. The summed E-state index contributed by atoms with van der Waals surface area (Å²) in [5.41, 5.74) is 3.89. The molecule has 1 atom stereocenters. The summed E-state index contributed by atoms with van der Waals surface area (Å²) in [5, 5.41) is 11.6. The van der Waals surface area contributed by atoms with E-state index in [0.717, 1.165) is 34.3 Å². The van der Waals surface area contributed by atoms with Gasteiger partial charge in [0.1, 0.15) is 12.1 Å². The molecular formula is C28H34N6O2. The molecule has 2 aromatic heterocycles. The highest BCUT2D eigenvalue weighted by Gasteiger charge is 2.35. The van der Waals surface area contributed by atoms with E-state index in [1.54, 1.807) is 9.58 Å². The van der Waals surface area contributed by atoms with Crippen molar-refractivity contribution in [2.24, 2.45) is 7.05 Å². The van der Waals surface area contributed by atoms with Gasteiger partial charge in [-0.3, -0.25) is 9.59 Å². The molecule has 1 N–H and O–H groups in total. The molecule has 8 heteroatoms. The number of rotatable bonds is 9. The normalized spacial score (nSPS) is 12.5.